The van der Waals surface area contributed by atoms with E-state index in [9.17, 15) is 0 Å². The summed E-state index contributed by atoms with van der Waals surface area (Å²) in [4.78, 5) is 58.6. The average Bonchev–Trinajstić information content (AvgIpc) is 1.12. The van der Waals surface area contributed by atoms with E-state index in [0.29, 0.717) is 0 Å². The number of hydrogen-bond donors (Lipinski definition) is 8. The maximum Gasteiger partial charge on any atom is 2.00 e. The second-order valence-corrected chi connectivity index (χ2v) is 3.60. The van der Waals surface area contributed by atoms with Gasteiger partial charge < -0.3 is 41.2 Å². The summed E-state index contributed by atoms with van der Waals surface area (Å²) in [6, 6.07) is 0. The third kappa shape index (κ3) is 315. The summed E-state index contributed by atoms with van der Waals surface area (Å²) in [6.07, 6.45) is 0. The van der Waals surface area contributed by atoms with Crippen molar-refractivity contribution in [3.63, 3.8) is 0 Å². The zero-order valence-corrected chi connectivity index (χ0v) is 13.0. The molecule has 0 aromatic rings. The summed E-state index contributed by atoms with van der Waals surface area (Å²) >= 11 is 0. The van der Waals surface area contributed by atoms with Crippen molar-refractivity contribution in [2.24, 2.45) is 0 Å². The van der Waals surface area contributed by atoms with Gasteiger partial charge in [0.1, 0.15) is 0 Å². The van der Waals surface area contributed by atoms with Gasteiger partial charge >= 0.3 is 67.0 Å². The van der Waals surface area contributed by atoms with Gasteiger partial charge in [-0.25, -0.2) is 0 Å². The third-order valence-electron chi connectivity index (χ3n) is 0. The summed E-state index contributed by atoms with van der Waals surface area (Å²) < 4.78 is 0. The van der Waals surface area contributed by atoms with Crippen LogP contribution in [0.2, 0.25) is 0 Å². The van der Waals surface area contributed by atoms with Crippen LogP contribution >= 0.6 is 0 Å². The minimum absolute atomic E-state index is 0. The molecule has 0 aromatic carbocycles. The molecular weight excluding hydrogens is 385 g/mol. The van der Waals surface area contributed by atoms with Crippen LogP contribution < -0.4 is 0 Å². The smallest absolute Gasteiger partial charge is 1.00 e. The number of hydrogen-bond acceptors (Lipinski definition) is 8. The monoisotopic (exact) mass is 395 g/mol. The minimum Gasteiger partial charge on any atom is -1.00 e. The van der Waals surface area contributed by atoms with Crippen LogP contribution in [0.3, 0.4) is 0 Å². The molecule has 79 valence electrons. The van der Waals surface area contributed by atoms with Gasteiger partial charge in [-0.3, -0.25) is 0 Å². The second-order valence-electron chi connectivity index (χ2n) is 1.20. The van der Waals surface area contributed by atoms with Gasteiger partial charge in [-0.1, -0.05) is 0 Å². The van der Waals surface area contributed by atoms with E-state index in [2.05, 4.69) is 0 Å². The van der Waals surface area contributed by atoms with Crippen LogP contribution in [0.5, 0.6) is 0 Å². The van der Waals surface area contributed by atoms with E-state index >= 15 is 0 Å². The molecule has 0 amide bonds. The van der Waals surface area contributed by atoms with Crippen molar-refractivity contribution in [2.75, 3.05) is 0 Å². The Morgan fingerprint density at radius 3 is 0.583 bits per heavy atom. The van der Waals surface area contributed by atoms with Crippen LogP contribution in [0.25, 0.3) is 0 Å². The fourth-order valence-corrected chi connectivity index (χ4v) is 0. The summed E-state index contributed by atoms with van der Waals surface area (Å²) in [5, 5.41) is 0. The average molecular weight is 395 g/mol. The molecule has 12 heavy (non-hydrogen) atoms. The molecule has 8 N–H and O–H groups in total. The molecule has 0 fully saturated rings. The third-order valence-corrected chi connectivity index (χ3v) is 0. The molecule has 0 aliphatic rings. The van der Waals surface area contributed by atoms with Gasteiger partial charge in [0.15, 0.2) is 0 Å². The van der Waals surface area contributed by atoms with Crippen molar-refractivity contribution in [3.05, 3.63) is 0 Å². The molecule has 0 spiro atoms. The minimum atomic E-state index is -4.61. The first-order valence-corrected chi connectivity index (χ1v) is 5.37. The molecule has 0 unspecified atom stereocenters. The first kappa shape index (κ1) is 23.8. The molecule has 0 bridgehead atoms. The van der Waals surface area contributed by atoms with Crippen molar-refractivity contribution in [1.82, 2.24) is 0 Å². The molecule has 0 atom stereocenters. The molecule has 0 rings (SSSR count). The van der Waals surface area contributed by atoms with Gasteiger partial charge in [0.2, 0.25) is 0 Å². The predicted octanol–water partition coefficient (Wildman–Crippen LogP) is -5.38. The van der Waals surface area contributed by atoms with Crippen molar-refractivity contribution < 1.29 is 58.3 Å². The molecule has 0 aliphatic heterocycles. The topological polar surface area (TPSA) is 162 Å². The van der Waals surface area contributed by atoms with Gasteiger partial charge in [0.25, 0.3) is 0 Å². The largest absolute Gasteiger partial charge is 2.00 e. The van der Waals surface area contributed by atoms with Crippen molar-refractivity contribution in [3.8, 4) is 0 Å². The van der Waals surface area contributed by atoms with E-state index in [1.165, 1.54) is 0 Å². The maximum atomic E-state index is 7.33. The molecule has 12 heteroatoms. The second kappa shape index (κ2) is 9.75. The molecule has 8 nitrogen and oxygen atoms in total. The van der Waals surface area contributed by atoms with Crippen LogP contribution in [-0.4, -0.2) is 105 Å². The molecule has 0 saturated heterocycles. The first-order chi connectivity index (χ1) is 4.00. The molecule has 0 aromatic heterocycles. The van der Waals surface area contributed by atoms with E-state index in [1.54, 1.807) is 0 Å². The molecule has 0 heterocycles. The van der Waals surface area contributed by atoms with Gasteiger partial charge in [0.05, 0.1) is 0 Å². The van der Waals surface area contributed by atoms with Crippen molar-refractivity contribution >= 4 is 67.0 Å². The van der Waals surface area contributed by atoms with E-state index in [1.807, 2.05) is 0 Å². The Morgan fingerprint density at radius 1 is 0.583 bits per heavy atom. The Bertz CT molecular complexity index is 68.3. The standard InChI is InChI=1S/Ba.Cu.2H4O4Si.2H/c;;2*1-5(2,3)4;;/h;;2*1-4H;;/q+2;;;;2*-1. The van der Waals surface area contributed by atoms with Crippen molar-refractivity contribution in [2.45, 2.75) is 0 Å². The van der Waals surface area contributed by atoms with Gasteiger partial charge in [0, 0.05) is 17.1 Å². The first-order valence-electron chi connectivity index (χ1n) is 1.79. The summed E-state index contributed by atoms with van der Waals surface area (Å²) in [5.41, 5.74) is 0. The van der Waals surface area contributed by atoms with Crippen LogP contribution in [0, 0.1) is 0 Å². The Hall–Kier alpha value is 2.20. The Labute approximate surface area is 124 Å². The Kier molecular flexibility index (Phi) is 19.3. The zero-order valence-electron chi connectivity index (χ0n) is 7.59. The van der Waals surface area contributed by atoms with E-state index < -0.39 is 18.1 Å². The van der Waals surface area contributed by atoms with Gasteiger partial charge in [-0.05, 0) is 0 Å². The summed E-state index contributed by atoms with van der Waals surface area (Å²) in [7, 11) is -9.22. The SMILES string of the molecule is O[Si](O)(O)O.O[Si](O)(O)O.[Ba+2].[Cu].[H-].[H-]. The molecule has 0 saturated carbocycles. The van der Waals surface area contributed by atoms with Crippen molar-refractivity contribution in [1.29, 1.82) is 0 Å². The van der Waals surface area contributed by atoms with E-state index in [-0.39, 0.29) is 68.8 Å². The summed E-state index contributed by atoms with van der Waals surface area (Å²) in [5.74, 6) is 0. The van der Waals surface area contributed by atoms with E-state index in [0.717, 1.165) is 0 Å². The fourth-order valence-electron chi connectivity index (χ4n) is 0. The van der Waals surface area contributed by atoms with Gasteiger partial charge in [-0.15, -0.1) is 0 Å². The van der Waals surface area contributed by atoms with Crippen LogP contribution in [0.1, 0.15) is 2.85 Å². The fraction of sp³-hybridized carbons (Fsp3) is 0. The quantitative estimate of drug-likeness (QED) is 0.189. The van der Waals surface area contributed by atoms with Gasteiger partial charge in [-0.2, -0.15) is 0 Å². The Balaban J connectivity index is -0.0000000178. The van der Waals surface area contributed by atoms with Crippen LogP contribution in [-0.2, 0) is 17.1 Å². The normalized spacial score (nSPS) is 10.0. The Morgan fingerprint density at radius 2 is 0.583 bits per heavy atom. The predicted molar refractivity (Wildman–Crippen MR) is 37.2 cm³/mol. The number of rotatable bonds is 0. The van der Waals surface area contributed by atoms with E-state index in [4.69, 9.17) is 38.4 Å². The van der Waals surface area contributed by atoms with Crippen LogP contribution in [0.4, 0.5) is 0 Å². The summed E-state index contributed by atoms with van der Waals surface area (Å²) in [6.45, 7) is 0. The maximum absolute atomic E-state index is 7.33. The molecule has 0 aliphatic carbocycles. The molecular formula is H10BaCuO8Si2. The van der Waals surface area contributed by atoms with Crippen LogP contribution in [0.15, 0.2) is 0 Å². The molecule has 1 radical (unpaired) electrons. The zero-order chi connectivity index (χ0) is 9.00.